The van der Waals surface area contributed by atoms with Gasteiger partial charge >= 0.3 is 17.9 Å². The number of carbonyl (C=O) groups excluding carboxylic acids is 1. The molecule has 1 fully saturated rings. The van der Waals surface area contributed by atoms with Crippen molar-refractivity contribution in [2.45, 2.75) is 62.7 Å². The highest BCUT2D eigenvalue weighted by Crippen LogP contribution is 2.31. The van der Waals surface area contributed by atoms with Crippen LogP contribution in [0.5, 0.6) is 11.5 Å². The quantitative estimate of drug-likeness (QED) is 0.207. The molecule has 1 amide bonds. The number of amides is 1. The Bertz CT molecular complexity index is 891. The number of phenols is 1. The monoisotopic (exact) mass is 470 g/mol. The Labute approximate surface area is 187 Å². The Morgan fingerprint density at radius 1 is 1.18 bits per heavy atom. The standard InChI is InChI=1S/C20H26N2O11/c21-11(2-4-16(25)26)18(27)22-12(19(28)29)5-9-1-3-14(13(24)6-9)32-17-8-10(23)7-15(33-17)20(30)31/h1,3,6,10-12,15,17,23-24H,2,4-5,7-8,21H2,(H,22,27)(H,25,26)(H,28,29)(H,30,31)/t10-,11-,12-,15-,17?/m0/s1. The predicted octanol–water partition coefficient (Wildman–Crippen LogP) is -0.974. The SMILES string of the molecule is N[C@@H](CCC(=O)O)C(=O)N[C@@H](Cc1ccc(OC2C[C@@H](O)C[C@@H](C(=O)O)O2)c(O)c1)C(=O)O. The Morgan fingerprint density at radius 2 is 1.88 bits per heavy atom. The number of carboxylic acids is 3. The molecule has 5 atom stereocenters. The number of aliphatic hydroxyl groups excluding tert-OH is 1. The number of carboxylic acid groups (broad SMARTS) is 3. The summed E-state index contributed by atoms with van der Waals surface area (Å²) in [5.41, 5.74) is 5.91. The third-order valence-corrected chi connectivity index (χ3v) is 4.88. The average molecular weight is 470 g/mol. The van der Waals surface area contributed by atoms with E-state index in [0.717, 1.165) is 0 Å². The van der Waals surface area contributed by atoms with Gasteiger partial charge in [-0.1, -0.05) is 6.07 Å². The highest BCUT2D eigenvalue weighted by atomic mass is 16.7. The second kappa shape index (κ2) is 11.4. The van der Waals surface area contributed by atoms with Crippen molar-refractivity contribution in [2.24, 2.45) is 5.73 Å². The Morgan fingerprint density at radius 3 is 2.45 bits per heavy atom. The lowest BCUT2D eigenvalue weighted by Gasteiger charge is -2.31. The lowest BCUT2D eigenvalue weighted by Crippen LogP contribution is -2.49. The first-order valence-electron chi connectivity index (χ1n) is 10.0. The summed E-state index contributed by atoms with van der Waals surface area (Å²) < 4.78 is 10.7. The second-order valence-corrected chi connectivity index (χ2v) is 7.58. The number of benzene rings is 1. The van der Waals surface area contributed by atoms with Crippen LogP contribution in [0.1, 0.15) is 31.2 Å². The number of hydrogen-bond donors (Lipinski definition) is 7. The van der Waals surface area contributed by atoms with Gasteiger partial charge in [0.1, 0.15) is 6.04 Å². The molecule has 33 heavy (non-hydrogen) atoms. The number of aromatic hydroxyl groups is 1. The topological polar surface area (TPSA) is 226 Å². The van der Waals surface area contributed by atoms with Gasteiger partial charge in [-0.15, -0.1) is 0 Å². The van der Waals surface area contributed by atoms with E-state index in [1.165, 1.54) is 18.2 Å². The van der Waals surface area contributed by atoms with E-state index in [1.54, 1.807) is 0 Å². The van der Waals surface area contributed by atoms with Crippen molar-refractivity contribution in [3.8, 4) is 11.5 Å². The zero-order valence-corrected chi connectivity index (χ0v) is 17.4. The van der Waals surface area contributed by atoms with Crippen molar-refractivity contribution in [1.82, 2.24) is 5.32 Å². The van der Waals surface area contributed by atoms with Gasteiger partial charge in [-0.3, -0.25) is 9.59 Å². The Balaban J connectivity index is 2.02. The summed E-state index contributed by atoms with van der Waals surface area (Å²) >= 11 is 0. The molecule has 13 nitrogen and oxygen atoms in total. The van der Waals surface area contributed by atoms with E-state index in [9.17, 15) is 34.5 Å². The number of ether oxygens (including phenoxy) is 2. The van der Waals surface area contributed by atoms with Gasteiger partial charge in [-0.2, -0.15) is 0 Å². The summed E-state index contributed by atoms with van der Waals surface area (Å²) in [4.78, 5) is 45.3. The Hall–Kier alpha value is -3.42. The maximum atomic E-state index is 12.1. The molecule has 0 bridgehead atoms. The third kappa shape index (κ3) is 7.89. The number of nitrogens with two attached hydrogens (primary N) is 1. The molecule has 0 aromatic heterocycles. The van der Waals surface area contributed by atoms with Crippen LogP contribution in [0.3, 0.4) is 0 Å². The molecule has 0 spiro atoms. The van der Waals surface area contributed by atoms with Crippen molar-refractivity contribution in [1.29, 1.82) is 0 Å². The van der Waals surface area contributed by atoms with Crippen molar-refractivity contribution in [3.05, 3.63) is 23.8 Å². The smallest absolute Gasteiger partial charge is 0.333 e. The number of phenolic OH excluding ortho intramolecular Hbond substituents is 1. The molecule has 182 valence electrons. The fourth-order valence-corrected chi connectivity index (χ4v) is 3.15. The molecule has 1 unspecified atom stereocenters. The largest absolute Gasteiger partial charge is 0.504 e. The van der Waals surface area contributed by atoms with Gasteiger partial charge in [-0.25, -0.2) is 9.59 Å². The maximum Gasteiger partial charge on any atom is 0.333 e. The van der Waals surface area contributed by atoms with Gasteiger partial charge in [0.05, 0.1) is 12.1 Å². The van der Waals surface area contributed by atoms with Crippen molar-refractivity contribution < 1.29 is 54.2 Å². The molecule has 8 N–H and O–H groups in total. The molecular formula is C20H26N2O11. The minimum absolute atomic E-state index is 0.0137. The highest BCUT2D eigenvalue weighted by molar-refractivity contribution is 5.87. The molecule has 0 saturated carbocycles. The summed E-state index contributed by atoms with van der Waals surface area (Å²) in [6.07, 6.45) is -4.19. The van der Waals surface area contributed by atoms with E-state index in [-0.39, 0.29) is 37.9 Å². The van der Waals surface area contributed by atoms with Crippen molar-refractivity contribution in [2.75, 3.05) is 0 Å². The number of carbonyl (C=O) groups is 4. The average Bonchev–Trinajstić information content (AvgIpc) is 2.72. The van der Waals surface area contributed by atoms with E-state index in [4.69, 9.17) is 25.4 Å². The first kappa shape index (κ1) is 25.8. The first-order chi connectivity index (χ1) is 15.5. The zero-order valence-electron chi connectivity index (χ0n) is 17.4. The first-order valence-corrected chi connectivity index (χ1v) is 10.0. The molecule has 1 saturated heterocycles. The second-order valence-electron chi connectivity index (χ2n) is 7.58. The van der Waals surface area contributed by atoms with Crippen LogP contribution in [0.25, 0.3) is 0 Å². The molecule has 1 aromatic rings. The number of rotatable bonds is 11. The maximum absolute atomic E-state index is 12.1. The third-order valence-electron chi connectivity index (χ3n) is 4.88. The van der Waals surface area contributed by atoms with Crippen LogP contribution >= 0.6 is 0 Å². The molecular weight excluding hydrogens is 444 g/mol. The molecule has 1 aromatic carbocycles. The Kier molecular flexibility index (Phi) is 8.96. The van der Waals surface area contributed by atoms with Gasteiger partial charge in [-0.05, 0) is 24.1 Å². The minimum atomic E-state index is -1.40. The summed E-state index contributed by atoms with van der Waals surface area (Å²) in [6, 6.07) is 1.34. The normalized spacial score (nSPS) is 22.1. The molecule has 2 rings (SSSR count). The van der Waals surface area contributed by atoms with Gasteiger partial charge < -0.3 is 46.1 Å². The van der Waals surface area contributed by atoms with E-state index < -0.39 is 60.1 Å². The van der Waals surface area contributed by atoms with E-state index in [0.29, 0.717) is 5.56 Å². The molecule has 1 heterocycles. The molecule has 0 radical (unpaired) electrons. The van der Waals surface area contributed by atoms with Crippen LogP contribution in [-0.4, -0.2) is 79.9 Å². The van der Waals surface area contributed by atoms with Crippen LogP contribution in [-0.2, 0) is 30.3 Å². The highest BCUT2D eigenvalue weighted by Gasteiger charge is 2.34. The summed E-state index contributed by atoms with van der Waals surface area (Å²) in [5, 5.41) is 49.4. The van der Waals surface area contributed by atoms with Gasteiger partial charge in [0.25, 0.3) is 0 Å². The van der Waals surface area contributed by atoms with Crippen LogP contribution in [0.4, 0.5) is 0 Å². The fraction of sp³-hybridized carbons (Fsp3) is 0.500. The van der Waals surface area contributed by atoms with Crippen LogP contribution < -0.4 is 15.8 Å². The van der Waals surface area contributed by atoms with E-state index >= 15 is 0 Å². The summed E-state index contributed by atoms with van der Waals surface area (Å²) in [7, 11) is 0. The van der Waals surface area contributed by atoms with Gasteiger partial charge in [0.15, 0.2) is 17.6 Å². The predicted molar refractivity (Wildman–Crippen MR) is 108 cm³/mol. The van der Waals surface area contributed by atoms with Gasteiger partial charge in [0.2, 0.25) is 12.2 Å². The minimum Gasteiger partial charge on any atom is -0.504 e. The molecule has 13 heteroatoms. The summed E-state index contributed by atoms with van der Waals surface area (Å²) in [6.45, 7) is 0. The van der Waals surface area contributed by atoms with Gasteiger partial charge in [0, 0.05) is 25.7 Å². The van der Waals surface area contributed by atoms with E-state index in [2.05, 4.69) is 5.32 Å². The number of hydrogen-bond acceptors (Lipinski definition) is 9. The summed E-state index contributed by atoms with van der Waals surface area (Å²) in [5.74, 6) is -5.05. The number of aliphatic hydroxyl groups is 1. The number of aliphatic carboxylic acids is 3. The van der Waals surface area contributed by atoms with E-state index in [1.807, 2.05) is 0 Å². The molecule has 0 aliphatic carbocycles. The van der Waals surface area contributed by atoms with Crippen LogP contribution in [0.15, 0.2) is 18.2 Å². The fourth-order valence-electron chi connectivity index (χ4n) is 3.15. The molecule has 1 aliphatic heterocycles. The van der Waals surface area contributed by atoms with Crippen LogP contribution in [0.2, 0.25) is 0 Å². The zero-order chi connectivity index (χ0) is 24.7. The lowest BCUT2D eigenvalue weighted by atomic mass is 10.0. The molecule has 1 aliphatic rings. The van der Waals surface area contributed by atoms with Crippen LogP contribution in [0, 0.1) is 0 Å². The number of nitrogens with one attached hydrogen (secondary N) is 1. The van der Waals surface area contributed by atoms with Crippen molar-refractivity contribution in [3.63, 3.8) is 0 Å². The van der Waals surface area contributed by atoms with Crippen molar-refractivity contribution >= 4 is 23.8 Å². The lowest BCUT2D eigenvalue weighted by molar-refractivity contribution is -0.195.